The molecule has 78 valence electrons. The second-order valence-electron chi connectivity index (χ2n) is 4.41. The van der Waals surface area contributed by atoms with Crippen LogP contribution in [0.4, 0.5) is 0 Å². The molecule has 1 aromatic carbocycles. The van der Waals surface area contributed by atoms with Crippen molar-refractivity contribution >= 4 is 5.84 Å². The van der Waals surface area contributed by atoms with Gasteiger partial charge in [-0.2, -0.15) is 0 Å². The molecule has 1 saturated heterocycles. The van der Waals surface area contributed by atoms with E-state index in [9.17, 15) is 0 Å². The van der Waals surface area contributed by atoms with Crippen molar-refractivity contribution in [3.05, 3.63) is 35.9 Å². The van der Waals surface area contributed by atoms with E-state index < -0.39 is 0 Å². The average Bonchev–Trinajstić information content (AvgIpc) is 2.85. The zero-order valence-corrected chi connectivity index (χ0v) is 8.89. The molecule has 1 aromatic rings. The zero-order valence-electron chi connectivity index (χ0n) is 8.89. The highest BCUT2D eigenvalue weighted by molar-refractivity contribution is 5.86. The van der Waals surface area contributed by atoms with Crippen molar-refractivity contribution in [1.82, 2.24) is 4.90 Å². The summed E-state index contributed by atoms with van der Waals surface area (Å²) in [6.07, 6.45) is 3.69. The second kappa shape index (κ2) is 3.69. The van der Waals surface area contributed by atoms with Gasteiger partial charge in [0.25, 0.3) is 0 Å². The summed E-state index contributed by atoms with van der Waals surface area (Å²) >= 11 is 0. The molecular formula is C13H16N2. The van der Waals surface area contributed by atoms with E-state index in [2.05, 4.69) is 40.2 Å². The standard InChI is InChI=1S/C13H16N2/c1-2-5-11(6-3-1)9-13-14-10-12-7-4-8-15(12)13/h1-3,5-6,12H,4,7-10H2/t12-/m0/s1. The van der Waals surface area contributed by atoms with Crippen molar-refractivity contribution in [1.29, 1.82) is 0 Å². The zero-order chi connectivity index (χ0) is 10.1. The summed E-state index contributed by atoms with van der Waals surface area (Å²) in [5.74, 6) is 1.31. The number of amidine groups is 1. The van der Waals surface area contributed by atoms with Gasteiger partial charge in [0.2, 0.25) is 0 Å². The summed E-state index contributed by atoms with van der Waals surface area (Å²) in [6, 6.07) is 11.4. The minimum atomic E-state index is 0.726. The van der Waals surface area contributed by atoms with E-state index in [4.69, 9.17) is 0 Å². The molecule has 2 heteroatoms. The largest absolute Gasteiger partial charge is 0.355 e. The third kappa shape index (κ3) is 1.65. The quantitative estimate of drug-likeness (QED) is 0.714. The number of hydrogen-bond donors (Lipinski definition) is 0. The smallest absolute Gasteiger partial charge is 0.104 e. The Morgan fingerprint density at radius 2 is 2.13 bits per heavy atom. The second-order valence-corrected chi connectivity index (χ2v) is 4.41. The topological polar surface area (TPSA) is 15.6 Å². The Morgan fingerprint density at radius 3 is 3.00 bits per heavy atom. The van der Waals surface area contributed by atoms with Gasteiger partial charge in [-0.15, -0.1) is 0 Å². The lowest BCUT2D eigenvalue weighted by Crippen LogP contribution is -2.31. The van der Waals surface area contributed by atoms with Crippen LogP contribution in [0.15, 0.2) is 35.3 Å². The van der Waals surface area contributed by atoms with Crippen molar-refractivity contribution in [2.75, 3.05) is 13.1 Å². The average molecular weight is 200 g/mol. The Balaban J connectivity index is 1.74. The van der Waals surface area contributed by atoms with Crippen LogP contribution in [0.5, 0.6) is 0 Å². The molecule has 0 radical (unpaired) electrons. The molecule has 1 fully saturated rings. The van der Waals surface area contributed by atoms with Gasteiger partial charge < -0.3 is 4.90 Å². The van der Waals surface area contributed by atoms with Gasteiger partial charge in [0.15, 0.2) is 0 Å². The molecule has 2 aliphatic rings. The molecule has 15 heavy (non-hydrogen) atoms. The normalized spacial score (nSPS) is 24.1. The Bertz CT molecular complexity index is 369. The van der Waals surface area contributed by atoms with Gasteiger partial charge in [0, 0.05) is 19.0 Å². The lowest BCUT2D eigenvalue weighted by molar-refractivity contribution is 0.425. The van der Waals surface area contributed by atoms with Gasteiger partial charge in [-0.3, -0.25) is 4.99 Å². The van der Waals surface area contributed by atoms with E-state index >= 15 is 0 Å². The van der Waals surface area contributed by atoms with E-state index in [-0.39, 0.29) is 0 Å². The summed E-state index contributed by atoms with van der Waals surface area (Å²) in [6.45, 7) is 2.25. The first-order chi connectivity index (χ1) is 7.43. The molecule has 2 heterocycles. The Labute approximate surface area is 90.6 Å². The van der Waals surface area contributed by atoms with Crippen molar-refractivity contribution in [2.45, 2.75) is 25.3 Å². The van der Waals surface area contributed by atoms with Crippen LogP contribution in [-0.4, -0.2) is 29.9 Å². The number of aliphatic imine (C=N–C) groups is 1. The molecule has 0 spiro atoms. The van der Waals surface area contributed by atoms with Crippen LogP contribution in [0.3, 0.4) is 0 Å². The third-order valence-corrected chi connectivity index (χ3v) is 3.40. The molecule has 2 nitrogen and oxygen atoms in total. The Hall–Kier alpha value is -1.31. The number of rotatable bonds is 2. The SMILES string of the molecule is c1ccc(CC2=NC[C@@H]3CCCN23)cc1. The predicted octanol–water partition coefficient (Wildman–Crippen LogP) is 2.11. The number of nitrogens with zero attached hydrogens (tertiary/aromatic N) is 2. The molecule has 1 atom stereocenters. The molecular weight excluding hydrogens is 184 g/mol. The molecule has 3 rings (SSSR count). The van der Waals surface area contributed by atoms with Gasteiger partial charge in [-0.25, -0.2) is 0 Å². The summed E-state index contributed by atoms with van der Waals surface area (Å²) in [5, 5.41) is 0. The molecule has 0 unspecified atom stereocenters. The van der Waals surface area contributed by atoms with Gasteiger partial charge in [-0.1, -0.05) is 30.3 Å². The lowest BCUT2D eigenvalue weighted by atomic mass is 10.1. The highest BCUT2D eigenvalue weighted by atomic mass is 15.3. The van der Waals surface area contributed by atoms with Crippen molar-refractivity contribution in [3.8, 4) is 0 Å². The fourth-order valence-corrected chi connectivity index (χ4v) is 2.60. The maximum Gasteiger partial charge on any atom is 0.104 e. The fourth-order valence-electron chi connectivity index (χ4n) is 2.60. The molecule has 0 saturated carbocycles. The first-order valence-corrected chi connectivity index (χ1v) is 5.77. The summed E-state index contributed by atoms with van der Waals surface area (Å²) in [7, 11) is 0. The van der Waals surface area contributed by atoms with Crippen LogP contribution in [0.25, 0.3) is 0 Å². The monoisotopic (exact) mass is 200 g/mol. The minimum absolute atomic E-state index is 0.726. The van der Waals surface area contributed by atoms with E-state index in [1.54, 1.807) is 0 Å². The van der Waals surface area contributed by atoms with Gasteiger partial charge >= 0.3 is 0 Å². The van der Waals surface area contributed by atoms with Crippen molar-refractivity contribution in [3.63, 3.8) is 0 Å². The van der Waals surface area contributed by atoms with E-state index in [1.807, 2.05) is 0 Å². The third-order valence-electron chi connectivity index (χ3n) is 3.40. The van der Waals surface area contributed by atoms with Crippen LogP contribution in [0, 0.1) is 0 Å². The fraction of sp³-hybridized carbons (Fsp3) is 0.462. The lowest BCUT2D eigenvalue weighted by Gasteiger charge is -2.19. The first-order valence-electron chi connectivity index (χ1n) is 5.77. The Kier molecular flexibility index (Phi) is 2.20. The maximum absolute atomic E-state index is 4.66. The van der Waals surface area contributed by atoms with Gasteiger partial charge in [0.05, 0.1) is 6.54 Å². The Morgan fingerprint density at radius 1 is 1.27 bits per heavy atom. The van der Waals surface area contributed by atoms with E-state index in [0.717, 1.165) is 19.0 Å². The van der Waals surface area contributed by atoms with Gasteiger partial charge in [-0.05, 0) is 18.4 Å². The van der Waals surface area contributed by atoms with Crippen LogP contribution in [0.2, 0.25) is 0 Å². The summed E-state index contributed by atoms with van der Waals surface area (Å²) < 4.78 is 0. The summed E-state index contributed by atoms with van der Waals surface area (Å²) in [4.78, 5) is 7.17. The highest BCUT2D eigenvalue weighted by Gasteiger charge is 2.31. The number of benzene rings is 1. The first kappa shape index (κ1) is 8.96. The molecule has 0 aliphatic carbocycles. The van der Waals surface area contributed by atoms with Crippen LogP contribution in [0.1, 0.15) is 18.4 Å². The van der Waals surface area contributed by atoms with Crippen molar-refractivity contribution in [2.24, 2.45) is 4.99 Å². The van der Waals surface area contributed by atoms with E-state index in [0.29, 0.717) is 0 Å². The molecule has 0 N–H and O–H groups in total. The minimum Gasteiger partial charge on any atom is -0.355 e. The van der Waals surface area contributed by atoms with Crippen LogP contribution >= 0.6 is 0 Å². The maximum atomic E-state index is 4.66. The van der Waals surface area contributed by atoms with Gasteiger partial charge in [0.1, 0.15) is 5.84 Å². The van der Waals surface area contributed by atoms with Crippen LogP contribution in [-0.2, 0) is 6.42 Å². The molecule has 0 aromatic heterocycles. The molecule has 0 amide bonds. The summed E-state index contributed by atoms with van der Waals surface area (Å²) in [5.41, 5.74) is 1.38. The molecule has 2 aliphatic heterocycles. The number of hydrogen-bond acceptors (Lipinski definition) is 2. The highest BCUT2D eigenvalue weighted by Crippen LogP contribution is 2.24. The van der Waals surface area contributed by atoms with Crippen LogP contribution < -0.4 is 0 Å². The predicted molar refractivity (Wildman–Crippen MR) is 62.2 cm³/mol. The molecule has 0 bridgehead atoms. The van der Waals surface area contributed by atoms with E-state index in [1.165, 1.54) is 30.8 Å². The van der Waals surface area contributed by atoms with Crippen molar-refractivity contribution < 1.29 is 0 Å². The number of fused-ring (bicyclic) bond motifs is 1.